The maximum absolute atomic E-state index is 12.1. The van der Waals surface area contributed by atoms with Gasteiger partial charge in [0.15, 0.2) is 6.61 Å². The molecular formula is C15H16F3NO4. The van der Waals surface area contributed by atoms with E-state index in [9.17, 15) is 22.8 Å². The number of ether oxygens (including phenoxy) is 1. The summed E-state index contributed by atoms with van der Waals surface area (Å²) in [4.78, 5) is 23.0. The van der Waals surface area contributed by atoms with Crippen LogP contribution in [0.25, 0.3) is 0 Å². The summed E-state index contributed by atoms with van der Waals surface area (Å²) in [6.07, 6.45) is -3.04. The Kier molecular flexibility index (Phi) is 5.12. The molecule has 0 radical (unpaired) electrons. The van der Waals surface area contributed by atoms with Gasteiger partial charge < -0.3 is 15.2 Å². The predicted molar refractivity (Wildman–Crippen MR) is 74.0 cm³/mol. The van der Waals surface area contributed by atoms with Gasteiger partial charge in [0.2, 0.25) is 5.91 Å². The van der Waals surface area contributed by atoms with E-state index >= 15 is 0 Å². The van der Waals surface area contributed by atoms with Crippen LogP contribution >= 0.6 is 0 Å². The van der Waals surface area contributed by atoms with Crippen molar-refractivity contribution in [3.05, 3.63) is 29.8 Å². The number of hydrogen-bond donors (Lipinski definition) is 2. The van der Waals surface area contributed by atoms with Crippen molar-refractivity contribution < 1.29 is 32.6 Å². The lowest BCUT2D eigenvalue weighted by atomic mass is 10.1. The zero-order valence-corrected chi connectivity index (χ0v) is 12.1. The summed E-state index contributed by atoms with van der Waals surface area (Å²) in [6.45, 7) is -1.41. The van der Waals surface area contributed by atoms with Crippen LogP contribution in [0.3, 0.4) is 0 Å². The summed E-state index contributed by atoms with van der Waals surface area (Å²) in [5.41, 5.74) is 0.446. The molecule has 1 fully saturated rings. The van der Waals surface area contributed by atoms with Gasteiger partial charge >= 0.3 is 12.1 Å². The SMILES string of the molecule is O=C(Cc1cccc(OCC(F)(F)F)c1)NC(C(=O)O)C1CC1. The Morgan fingerprint density at radius 3 is 2.61 bits per heavy atom. The first-order chi connectivity index (χ1) is 10.7. The van der Waals surface area contributed by atoms with E-state index in [0.29, 0.717) is 5.56 Å². The Morgan fingerprint density at radius 1 is 1.35 bits per heavy atom. The minimum absolute atomic E-state index is 0.00426. The molecular weight excluding hydrogens is 315 g/mol. The average molecular weight is 331 g/mol. The molecule has 8 heteroatoms. The number of carbonyl (C=O) groups excluding carboxylic acids is 1. The van der Waals surface area contributed by atoms with Gasteiger partial charge in [0.05, 0.1) is 6.42 Å². The molecule has 1 aliphatic rings. The Hall–Kier alpha value is -2.25. The highest BCUT2D eigenvalue weighted by molar-refractivity contribution is 5.85. The zero-order valence-electron chi connectivity index (χ0n) is 12.1. The predicted octanol–water partition coefficient (Wildman–Crippen LogP) is 2.15. The Labute approximate surface area is 130 Å². The smallest absolute Gasteiger partial charge is 0.422 e. The van der Waals surface area contributed by atoms with E-state index < -0.39 is 30.7 Å². The van der Waals surface area contributed by atoms with E-state index in [0.717, 1.165) is 12.8 Å². The number of rotatable bonds is 7. The standard InChI is InChI=1S/C15H16F3NO4/c16-15(17,18)8-23-11-3-1-2-9(6-11)7-12(20)19-13(14(21)22)10-4-5-10/h1-3,6,10,13H,4-5,7-8H2,(H,19,20)(H,21,22). The van der Waals surface area contributed by atoms with E-state index in [4.69, 9.17) is 5.11 Å². The van der Waals surface area contributed by atoms with Crippen molar-refractivity contribution in [1.82, 2.24) is 5.32 Å². The summed E-state index contributed by atoms with van der Waals surface area (Å²) in [5.74, 6) is -1.61. The highest BCUT2D eigenvalue weighted by Crippen LogP contribution is 2.32. The number of nitrogens with one attached hydrogen (secondary N) is 1. The van der Waals surface area contributed by atoms with Crippen LogP contribution in [-0.2, 0) is 16.0 Å². The summed E-state index contributed by atoms with van der Waals surface area (Å²) >= 11 is 0. The van der Waals surface area contributed by atoms with Gasteiger partial charge in [-0.3, -0.25) is 4.79 Å². The van der Waals surface area contributed by atoms with Crippen molar-refractivity contribution in [3.63, 3.8) is 0 Å². The number of hydrogen-bond acceptors (Lipinski definition) is 3. The first-order valence-corrected chi connectivity index (χ1v) is 7.05. The first kappa shape index (κ1) is 17.1. The molecule has 0 heterocycles. The van der Waals surface area contributed by atoms with E-state index in [1.807, 2.05) is 0 Å². The van der Waals surface area contributed by atoms with Gasteiger partial charge in [-0.2, -0.15) is 13.2 Å². The van der Waals surface area contributed by atoms with Crippen LogP contribution in [0.2, 0.25) is 0 Å². The van der Waals surface area contributed by atoms with Crippen molar-refractivity contribution in [1.29, 1.82) is 0 Å². The zero-order chi connectivity index (χ0) is 17.0. The van der Waals surface area contributed by atoms with Gasteiger partial charge in [0.25, 0.3) is 0 Å². The molecule has 1 aromatic carbocycles. The monoisotopic (exact) mass is 331 g/mol. The van der Waals surface area contributed by atoms with Gasteiger partial charge in [0.1, 0.15) is 11.8 Å². The molecule has 0 saturated heterocycles. The topological polar surface area (TPSA) is 75.6 Å². The quantitative estimate of drug-likeness (QED) is 0.803. The minimum atomic E-state index is -4.44. The number of carboxylic acid groups (broad SMARTS) is 1. The molecule has 1 unspecified atom stereocenters. The molecule has 0 spiro atoms. The van der Waals surface area contributed by atoms with Gasteiger partial charge in [-0.25, -0.2) is 4.79 Å². The third-order valence-electron chi connectivity index (χ3n) is 3.34. The molecule has 0 aromatic heterocycles. The van der Waals surface area contributed by atoms with Crippen molar-refractivity contribution in [2.75, 3.05) is 6.61 Å². The van der Waals surface area contributed by atoms with Crippen molar-refractivity contribution >= 4 is 11.9 Å². The molecule has 2 N–H and O–H groups in total. The fourth-order valence-corrected chi connectivity index (χ4v) is 2.13. The maximum atomic E-state index is 12.1. The van der Waals surface area contributed by atoms with Gasteiger partial charge in [-0.05, 0) is 36.5 Å². The Bertz CT molecular complexity index is 584. The van der Waals surface area contributed by atoms with Gasteiger partial charge in [-0.1, -0.05) is 12.1 Å². The summed E-state index contributed by atoms with van der Waals surface area (Å²) in [6, 6.07) is 4.82. The molecule has 1 atom stereocenters. The second-order valence-corrected chi connectivity index (χ2v) is 5.45. The normalized spacial score (nSPS) is 15.8. The Balaban J connectivity index is 1.91. The van der Waals surface area contributed by atoms with Crippen LogP contribution in [0, 0.1) is 5.92 Å². The lowest BCUT2D eigenvalue weighted by Crippen LogP contribution is -2.43. The number of amides is 1. The third-order valence-corrected chi connectivity index (χ3v) is 3.34. The van der Waals surface area contributed by atoms with E-state index in [-0.39, 0.29) is 18.1 Å². The fourth-order valence-electron chi connectivity index (χ4n) is 2.13. The number of alkyl halides is 3. The van der Waals surface area contributed by atoms with Crippen molar-refractivity contribution in [3.8, 4) is 5.75 Å². The van der Waals surface area contributed by atoms with Crippen LogP contribution in [0.5, 0.6) is 5.75 Å². The van der Waals surface area contributed by atoms with E-state index in [1.54, 1.807) is 6.07 Å². The van der Waals surface area contributed by atoms with Gasteiger partial charge in [0, 0.05) is 0 Å². The molecule has 1 aromatic rings. The summed E-state index contributed by atoms with van der Waals surface area (Å²) in [5, 5.41) is 11.5. The highest BCUT2D eigenvalue weighted by atomic mass is 19.4. The van der Waals surface area contributed by atoms with E-state index in [2.05, 4.69) is 10.1 Å². The lowest BCUT2D eigenvalue weighted by Gasteiger charge is -2.14. The highest BCUT2D eigenvalue weighted by Gasteiger charge is 2.37. The average Bonchev–Trinajstić information content (AvgIpc) is 3.26. The number of benzene rings is 1. The van der Waals surface area contributed by atoms with Crippen LogP contribution < -0.4 is 10.1 Å². The van der Waals surface area contributed by atoms with Crippen LogP contribution in [0.15, 0.2) is 24.3 Å². The second-order valence-electron chi connectivity index (χ2n) is 5.45. The van der Waals surface area contributed by atoms with Crippen LogP contribution in [0.4, 0.5) is 13.2 Å². The van der Waals surface area contributed by atoms with Crippen LogP contribution in [-0.4, -0.2) is 35.8 Å². The van der Waals surface area contributed by atoms with E-state index in [1.165, 1.54) is 18.2 Å². The molecule has 1 aliphatic carbocycles. The molecule has 0 aliphatic heterocycles. The second kappa shape index (κ2) is 6.89. The van der Waals surface area contributed by atoms with Crippen LogP contribution in [0.1, 0.15) is 18.4 Å². The fraction of sp³-hybridized carbons (Fsp3) is 0.467. The minimum Gasteiger partial charge on any atom is -0.484 e. The van der Waals surface area contributed by atoms with Crippen molar-refractivity contribution in [2.45, 2.75) is 31.5 Å². The molecule has 23 heavy (non-hydrogen) atoms. The number of carboxylic acids is 1. The Morgan fingerprint density at radius 2 is 2.04 bits per heavy atom. The van der Waals surface area contributed by atoms with Crippen molar-refractivity contribution in [2.24, 2.45) is 5.92 Å². The number of carbonyl (C=O) groups is 2. The largest absolute Gasteiger partial charge is 0.484 e. The third kappa shape index (κ3) is 5.80. The molecule has 126 valence electrons. The molecule has 2 rings (SSSR count). The summed E-state index contributed by atoms with van der Waals surface area (Å²) < 4.78 is 40.9. The molecule has 5 nitrogen and oxygen atoms in total. The molecule has 0 bridgehead atoms. The first-order valence-electron chi connectivity index (χ1n) is 7.05. The number of aliphatic carboxylic acids is 1. The number of halogens is 3. The summed E-state index contributed by atoms with van der Waals surface area (Å²) in [7, 11) is 0. The van der Waals surface area contributed by atoms with Gasteiger partial charge in [-0.15, -0.1) is 0 Å². The molecule has 1 amide bonds. The molecule has 1 saturated carbocycles. The lowest BCUT2D eigenvalue weighted by molar-refractivity contribution is -0.153. The maximum Gasteiger partial charge on any atom is 0.422 e.